The van der Waals surface area contributed by atoms with E-state index in [1.165, 1.54) is 0 Å². The highest BCUT2D eigenvalue weighted by Gasteiger charge is 2.30. The molecule has 1 amide bonds. The molecule has 1 fully saturated rings. The molecule has 1 unspecified atom stereocenters. The highest BCUT2D eigenvalue weighted by atomic mass is 16.5. The molecule has 1 aliphatic heterocycles. The maximum Gasteiger partial charge on any atom is 0.223 e. The van der Waals surface area contributed by atoms with Gasteiger partial charge >= 0.3 is 0 Å². The third kappa shape index (κ3) is 3.53. The van der Waals surface area contributed by atoms with E-state index >= 15 is 0 Å². The van der Waals surface area contributed by atoms with E-state index in [1.807, 2.05) is 18.2 Å². The molecule has 1 aromatic rings. The number of aryl methyl sites for hydroxylation is 1. The second-order valence-electron chi connectivity index (χ2n) is 5.89. The molecule has 110 valence electrons. The molecule has 1 heterocycles. The van der Waals surface area contributed by atoms with Crippen LogP contribution >= 0.6 is 0 Å². The predicted octanol–water partition coefficient (Wildman–Crippen LogP) is 3.27. The number of hydrogen-bond donors (Lipinski definition) is 0. The number of likely N-dealkylation sites (tertiary alicyclic amines) is 1. The van der Waals surface area contributed by atoms with Gasteiger partial charge in [0.2, 0.25) is 5.91 Å². The van der Waals surface area contributed by atoms with Crippen molar-refractivity contribution in [3.63, 3.8) is 0 Å². The van der Waals surface area contributed by atoms with Crippen LogP contribution in [0.4, 0.5) is 0 Å². The number of methoxy groups -OCH3 is 1. The summed E-state index contributed by atoms with van der Waals surface area (Å²) in [7, 11) is 1.67. The lowest BCUT2D eigenvalue weighted by molar-refractivity contribution is -0.132. The van der Waals surface area contributed by atoms with E-state index in [1.54, 1.807) is 7.11 Å². The Hall–Kier alpha value is -1.51. The minimum Gasteiger partial charge on any atom is -0.497 e. The van der Waals surface area contributed by atoms with Gasteiger partial charge in [-0.15, -0.1) is 0 Å². The normalized spacial score (nSPS) is 18.6. The quantitative estimate of drug-likeness (QED) is 0.825. The Kier molecular flexibility index (Phi) is 5.05. The van der Waals surface area contributed by atoms with Crippen LogP contribution < -0.4 is 4.74 Å². The van der Waals surface area contributed by atoms with Gasteiger partial charge in [-0.25, -0.2) is 0 Å². The molecule has 0 aliphatic carbocycles. The third-order valence-electron chi connectivity index (χ3n) is 4.15. The Labute approximate surface area is 121 Å². The van der Waals surface area contributed by atoms with Crippen molar-refractivity contribution < 1.29 is 9.53 Å². The van der Waals surface area contributed by atoms with Gasteiger partial charge in [0.15, 0.2) is 0 Å². The molecule has 1 saturated heterocycles. The smallest absolute Gasteiger partial charge is 0.223 e. The molecule has 1 aromatic carbocycles. The Morgan fingerprint density at radius 2 is 2.25 bits per heavy atom. The van der Waals surface area contributed by atoms with Crippen LogP contribution in [0.5, 0.6) is 5.75 Å². The number of benzene rings is 1. The van der Waals surface area contributed by atoms with Gasteiger partial charge in [0.25, 0.3) is 0 Å². The predicted molar refractivity (Wildman–Crippen MR) is 80.9 cm³/mol. The van der Waals surface area contributed by atoms with Crippen molar-refractivity contribution >= 4 is 5.91 Å². The summed E-state index contributed by atoms with van der Waals surface area (Å²) in [5.41, 5.74) is 1.16. The summed E-state index contributed by atoms with van der Waals surface area (Å²) in [5, 5.41) is 0. The molecule has 0 aromatic heterocycles. The average Bonchev–Trinajstić information content (AvgIpc) is 2.94. The number of hydrogen-bond acceptors (Lipinski definition) is 2. The average molecular weight is 275 g/mol. The maximum absolute atomic E-state index is 12.4. The Bertz CT molecular complexity index is 456. The van der Waals surface area contributed by atoms with Crippen molar-refractivity contribution in [3.05, 3.63) is 29.8 Å². The Morgan fingerprint density at radius 3 is 2.95 bits per heavy atom. The van der Waals surface area contributed by atoms with Crippen LogP contribution in [0, 0.1) is 5.92 Å². The lowest BCUT2D eigenvalue weighted by atomic mass is 10.0. The zero-order chi connectivity index (χ0) is 14.5. The second-order valence-corrected chi connectivity index (χ2v) is 5.89. The van der Waals surface area contributed by atoms with Gasteiger partial charge in [0.05, 0.1) is 7.11 Å². The van der Waals surface area contributed by atoms with Crippen LogP contribution in [0.1, 0.15) is 38.7 Å². The van der Waals surface area contributed by atoms with Gasteiger partial charge < -0.3 is 9.64 Å². The largest absolute Gasteiger partial charge is 0.497 e. The minimum absolute atomic E-state index is 0.295. The maximum atomic E-state index is 12.4. The molecular weight excluding hydrogens is 250 g/mol. The molecule has 2 rings (SSSR count). The highest BCUT2D eigenvalue weighted by Crippen LogP contribution is 2.25. The molecule has 1 atom stereocenters. The summed E-state index contributed by atoms with van der Waals surface area (Å²) < 4.78 is 5.21. The first kappa shape index (κ1) is 14.9. The Morgan fingerprint density at radius 1 is 1.45 bits per heavy atom. The van der Waals surface area contributed by atoms with Crippen molar-refractivity contribution in [2.75, 3.05) is 13.7 Å². The number of carbonyl (C=O) groups is 1. The van der Waals surface area contributed by atoms with E-state index in [9.17, 15) is 4.79 Å². The molecule has 3 heteroatoms. The van der Waals surface area contributed by atoms with Crippen molar-refractivity contribution in [3.8, 4) is 5.75 Å². The fourth-order valence-electron chi connectivity index (χ4n) is 3.02. The van der Waals surface area contributed by atoms with Crippen molar-refractivity contribution in [2.45, 2.75) is 45.6 Å². The van der Waals surface area contributed by atoms with Crippen molar-refractivity contribution in [2.24, 2.45) is 5.92 Å². The summed E-state index contributed by atoms with van der Waals surface area (Å²) >= 11 is 0. The molecule has 0 radical (unpaired) electrons. The highest BCUT2D eigenvalue weighted by molar-refractivity contribution is 5.77. The van der Waals surface area contributed by atoms with Gasteiger partial charge in [-0.05, 0) is 42.9 Å². The summed E-state index contributed by atoms with van der Waals surface area (Å²) in [6.45, 7) is 5.34. The van der Waals surface area contributed by atoms with E-state index in [-0.39, 0.29) is 0 Å². The standard InChI is InChI=1S/C17H25NO2/c1-13(2)16-8-5-11-18(16)17(19)10-9-14-6-4-7-15(12-14)20-3/h4,6-7,12-13,16H,5,8-11H2,1-3H3. The van der Waals surface area contributed by atoms with Gasteiger partial charge in [-0.3, -0.25) is 4.79 Å². The molecule has 0 spiro atoms. The van der Waals surface area contributed by atoms with Crippen LogP contribution in [0.25, 0.3) is 0 Å². The van der Waals surface area contributed by atoms with Crippen molar-refractivity contribution in [1.82, 2.24) is 4.90 Å². The lowest BCUT2D eigenvalue weighted by Gasteiger charge is -2.27. The molecular formula is C17H25NO2. The fraction of sp³-hybridized carbons (Fsp3) is 0.588. The molecule has 0 N–H and O–H groups in total. The van der Waals surface area contributed by atoms with Crippen molar-refractivity contribution in [1.29, 1.82) is 0 Å². The number of amides is 1. The third-order valence-corrected chi connectivity index (χ3v) is 4.15. The molecule has 0 saturated carbocycles. The fourth-order valence-corrected chi connectivity index (χ4v) is 3.02. The summed E-state index contributed by atoms with van der Waals surface area (Å²) in [5.74, 6) is 1.71. The van der Waals surface area contributed by atoms with Gasteiger partial charge in [0.1, 0.15) is 5.75 Å². The first-order valence-electron chi connectivity index (χ1n) is 7.54. The van der Waals surface area contributed by atoms with Gasteiger partial charge in [-0.2, -0.15) is 0 Å². The van der Waals surface area contributed by atoms with E-state index in [0.29, 0.717) is 24.3 Å². The minimum atomic E-state index is 0.295. The van der Waals surface area contributed by atoms with Crippen LogP contribution in [-0.4, -0.2) is 30.5 Å². The van der Waals surface area contributed by atoms with E-state index in [2.05, 4.69) is 24.8 Å². The number of nitrogens with zero attached hydrogens (tertiary/aromatic N) is 1. The van der Waals surface area contributed by atoms with Crippen LogP contribution in [0.3, 0.4) is 0 Å². The summed E-state index contributed by atoms with van der Waals surface area (Å²) in [6, 6.07) is 8.41. The number of ether oxygens (including phenoxy) is 1. The van der Waals surface area contributed by atoms with E-state index in [0.717, 1.165) is 37.1 Å². The van der Waals surface area contributed by atoms with E-state index in [4.69, 9.17) is 4.74 Å². The molecule has 1 aliphatic rings. The zero-order valence-electron chi connectivity index (χ0n) is 12.8. The monoisotopic (exact) mass is 275 g/mol. The lowest BCUT2D eigenvalue weighted by Crippen LogP contribution is -2.38. The van der Waals surface area contributed by atoms with Gasteiger partial charge in [0, 0.05) is 19.0 Å². The summed E-state index contributed by atoms with van der Waals surface area (Å²) in [4.78, 5) is 14.5. The topological polar surface area (TPSA) is 29.5 Å². The first-order chi connectivity index (χ1) is 9.61. The molecule has 20 heavy (non-hydrogen) atoms. The number of carbonyl (C=O) groups excluding carboxylic acids is 1. The van der Waals surface area contributed by atoms with Gasteiger partial charge in [-0.1, -0.05) is 26.0 Å². The van der Waals surface area contributed by atoms with Crippen LogP contribution in [-0.2, 0) is 11.2 Å². The second kappa shape index (κ2) is 6.78. The SMILES string of the molecule is COc1cccc(CCC(=O)N2CCCC2C(C)C)c1. The molecule has 3 nitrogen and oxygen atoms in total. The first-order valence-corrected chi connectivity index (χ1v) is 7.54. The van der Waals surface area contributed by atoms with Crippen LogP contribution in [0.15, 0.2) is 24.3 Å². The number of rotatable bonds is 5. The molecule has 0 bridgehead atoms. The summed E-state index contributed by atoms with van der Waals surface area (Å²) in [6.07, 6.45) is 3.68. The van der Waals surface area contributed by atoms with Crippen LogP contribution in [0.2, 0.25) is 0 Å². The zero-order valence-corrected chi connectivity index (χ0v) is 12.8. The Balaban J connectivity index is 1.91. The van der Waals surface area contributed by atoms with E-state index < -0.39 is 0 Å².